The van der Waals surface area contributed by atoms with E-state index in [-0.39, 0.29) is 17.5 Å². The van der Waals surface area contributed by atoms with Crippen LogP contribution >= 0.6 is 0 Å². The fourth-order valence-corrected chi connectivity index (χ4v) is 4.33. The molecule has 0 bridgehead atoms. The van der Waals surface area contributed by atoms with Crippen LogP contribution in [0.2, 0.25) is 0 Å². The largest absolute Gasteiger partial charge is 0.385 e. The maximum absolute atomic E-state index is 13.2. The first-order valence-electron chi connectivity index (χ1n) is 10.4. The van der Waals surface area contributed by atoms with Gasteiger partial charge in [0.2, 0.25) is 5.89 Å². The van der Waals surface area contributed by atoms with E-state index in [1.54, 1.807) is 12.0 Å². The molecule has 2 aromatic heterocycles. The fourth-order valence-electron chi connectivity index (χ4n) is 4.33. The molecule has 0 N–H and O–H groups in total. The molecule has 1 amide bonds. The van der Waals surface area contributed by atoms with Crippen molar-refractivity contribution in [3.8, 4) is 0 Å². The Kier molecular flexibility index (Phi) is 6.38. The molecule has 2 fully saturated rings. The number of carbonyl (C=O) groups is 1. The van der Waals surface area contributed by atoms with Crippen LogP contribution in [0.4, 0.5) is 4.39 Å². The van der Waals surface area contributed by atoms with Crippen LogP contribution in [0.1, 0.15) is 60.2 Å². The van der Waals surface area contributed by atoms with Gasteiger partial charge < -0.3 is 18.9 Å². The minimum absolute atomic E-state index is 0.212. The highest BCUT2D eigenvalue weighted by atomic mass is 19.1. The molecule has 1 unspecified atom stereocenters. The van der Waals surface area contributed by atoms with Gasteiger partial charge in [-0.15, -0.1) is 0 Å². The predicted octanol–water partition coefficient (Wildman–Crippen LogP) is 2.71. The lowest BCUT2D eigenvalue weighted by Gasteiger charge is -2.40. The Hall–Kier alpha value is -2.39. The standard InChI is InChI=1S/C21H27FN4O4/c1-28-12-8-21(20-24-18(30-25-20)15-5-10-29-11-6-15)7-2-9-26(14-21)19(27)17-4-3-16(22)13-23-17/h3-4,13,15H,2,5-12,14H2,1H3. The average Bonchev–Trinajstić information content (AvgIpc) is 3.30. The summed E-state index contributed by atoms with van der Waals surface area (Å²) in [5, 5.41) is 4.33. The van der Waals surface area contributed by atoms with Crippen LogP contribution in [0, 0.1) is 5.82 Å². The normalized spacial score (nSPS) is 22.9. The zero-order valence-corrected chi connectivity index (χ0v) is 17.2. The number of aromatic nitrogens is 3. The Bertz CT molecular complexity index is 853. The maximum atomic E-state index is 13.2. The van der Waals surface area contributed by atoms with Crippen LogP contribution < -0.4 is 0 Å². The Morgan fingerprint density at radius 2 is 2.20 bits per heavy atom. The first kappa shape index (κ1) is 20.9. The van der Waals surface area contributed by atoms with Crippen LogP contribution in [0.15, 0.2) is 22.9 Å². The summed E-state index contributed by atoms with van der Waals surface area (Å²) in [5.41, 5.74) is -0.216. The number of hydrogen-bond acceptors (Lipinski definition) is 7. The zero-order chi connectivity index (χ0) is 21.0. The predicted molar refractivity (Wildman–Crippen MR) is 105 cm³/mol. The van der Waals surface area contributed by atoms with Crippen LogP contribution in [0.25, 0.3) is 0 Å². The number of piperidine rings is 1. The molecule has 0 aliphatic carbocycles. The quantitative estimate of drug-likeness (QED) is 0.712. The van der Waals surface area contributed by atoms with Gasteiger partial charge in [-0.1, -0.05) is 5.16 Å². The second-order valence-electron chi connectivity index (χ2n) is 8.06. The number of carbonyl (C=O) groups excluding carboxylic acids is 1. The molecule has 162 valence electrons. The number of rotatable bonds is 6. The SMILES string of the molecule is COCCC1(c2noc(C3CCOCC3)n2)CCCN(C(=O)c2ccc(F)cn2)C1. The van der Waals surface area contributed by atoms with E-state index < -0.39 is 11.2 Å². The molecule has 4 heterocycles. The molecule has 0 aromatic carbocycles. The molecule has 8 nitrogen and oxygen atoms in total. The summed E-state index contributed by atoms with van der Waals surface area (Å²) >= 11 is 0. The maximum Gasteiger partial charge on any atom is 0.272 e. The average molecular weight is 418 g/mol. The van der Waals surface area contributed by atoms with E-state index in [2.05, 4.69) is 10.1 Å². The number of nitrogens with zero attached hydrogens (tertiary/aromatic N) is 4. The second kappa shape index (κ2) is 9.18. The highest BCUT2D eigenvalue weighted by molar-refractivity contribution is 5.92. The van der Waals surface area contributed by atoms with Gasteiger partial charge in [0, 0.05) is 45.9 Å². The molecular weight excluding hydrogens is 391 g/mol. The molecule has 0 radical (unpaired) electrons. The van der Waals surface area contributed by atoms with Crippen molar-refractivity contribution in [3.63, 3.8) is 0 Å². The van der Waals surface area contributed by atoms with E-state index in [9.17, 15) is 9.18 Å². The van der Waals surface area contributed by atoms with Gasteiger partial charge in [0.15, 0.2) is 5.82 Å². The molecule has 2 aliphatic rings. The van der Waals surface area contributed by atoms with Crippen LogP contribution in [0.5, 0.6) is 0 Å². The second-order valence-corrected chi connectivity index (χ2v) is 8.06. The highest BCUT2D eigenvalue weighted by Gasteiger charge is 2.43. The van der Waals surface area contributed by atoms with E-state index in [1.807, 2.05) is 0 Å². The molecule has 2 aromatic rings. The van der Waals surface area contributed by atoms with Gasteiger partial charge >= 0.3 is 0 Å². The number of amides is 1. The van der Waals surface area contributed by atoms with E-state index in [0.717, 1.165) is 31.9 Å². The molecule has 2 saturated heterocycles. The molecule has 0 saturated carbocycles. The minimum Gasteiger partial charge on any atom is -0.385 e. The summed E-state index contributed by atoms with van der Waals surface area (Å²) < 4.78 is 29.6. The van der Waals surface area contributed by atoms with Crippen molar-refractivity contribution in [2.24, 2.45) is 0 Å². The van der Waals surface area contributed by atoms with E-state index >= 15 is 0 Å². The van der Waals surface area contributed by atoms with Crippen molar-refractivity contribution in [2.75, 3.05) is 40.0 Å². The Labute approximate surface area is 174 Å². The zero-order valence-electron chi connectivity index (χ0n) is 17.2. The van der Waals surface area contributed by atoms with Gasteiger partial charge in [0.1, 0.15) is 11.5 Å². The lowest BCUT2D eigenvalue weighted by Crippen LogP contribution is -2.49. The molecule has 4 rings (SSSR count). The number of methoxy groups -OCH3 is 1. The Balaban J connectivity index is 1.57. The van der Waals surface area contributed by atoms with Crippen molar-refractivity contribution in [2.45, 2.75) is 43.4 Å². The molecule has 2 aliphatic heterocycles. The van der Waals surface area contributed by atoms with Crippen LogP contribution in [-0.2, 0) is 14.9 Å². The van der Waals surface area contributed by atoms with Crippen LogP contribution in [0.3, 0.4) is 0 Å². The molecule has 30 heavy (non-hydrogen) atoms. The topological polar surface area (TPSA) is 90.6 Å². The number of ether oxygens (including phenoxy) is 2. The minimum atomic E-state index is -0.466. The highest BCUT2D eigenvalue weighted by Crippen LogP contribution is 2.37. The van der Waals surface area contributed by atoms with Crippen molar-refractivity contribution >= 4 is 5.91 Å². The monoisotopic (exact) mass is 418 g/mol. The molecule has 1 atom stereocenters. The number of hydrogen-bond donors (Lipinski definition) is 0. The van der Waals surface area contributed by atoms with Crippen LogP contribution in [-0.4, -0.2) is 66.0 Å². The molecular formula is C21H27FN4O4. The number of likely N-dealkylation sites (tertiary alicyclic amines) is 1. The van der Waals surface area contributed by atoms with Gasteiger partial charge in [0.05, 0.1) is 11.6 Å². The third kappa shape index (κ3) is 4.37. The van der Waals surface area contributed by atoms with Gasteiger partial charge in [-0.25, -0.2) is 9.37 Å². The van der Waals surface area contributed by atoms with E-state index in [4.69, 9.17) is 19.0 Å². The smallest absolute Gasteiger partial charge is 0.272 e. The lowest BCUT2D eigenvalue weighted by molar-refractivity contribution is 0.0561. The number of halogens is 1. The van der Waals surface area contributed by atoms with Gasteiger partial charge in [0.25, 0.3) is 5.91 Å². The third-order valence-corrected chi connectivity index (χ3v) is 6.08. The van der Waals surface area contributed by atoms with E-state index in [1.165, 1.54) is 12.1 Å². The van der Waals surface area contributed by atoms with Gasteiger partial charge in [-0.05, 0) is 44.2 Å². The first-order valence-corrected chi connectivity index (χ1v) is 10.4. The summed E-state index contributed by atoms with van der Waals surface area (Å²) in [4.78, 5) is 23.5. The van der Waals surface area contributed by atoms with Gasteiger partial charge in [-0.3, -0.25) is 4.79 Å². The summed E-state index contributed by atoms with van der Waals surface area (Å²) in [5.74, 6) is 0.806. The van der Waals surface area contributed by atoms with Crippen molar-refractivity contribution in [1.82, 2.24) is 20.0 Å². The molecule has 9 heteroatoms. The Morgan fingerprint density at radius 1 is 1.37 bits per heavy atom. The summed E-state index contributed by atoms with van der Waals surface area (Å²) in [6.45, 7) is 2.98. The number of pyridine rings is 1. The van der Waals surface area contributed by atoms with Crippen molar-refractivity contribution in [3.05, 3.63) is 41.6 Å². The van der Waals surface area contributed by atoms with Crippen molar-refractivity contribution < 1.29 is 23.2 Å². The third-order valence-electron chi connectivity index (χ3n) is 6.08. The van der Waals surface area contributed by atoms with Gasteiger partial charge in [-0.2, -0.15) is 4.98 Å². The van der Waals surface area contributed by atoms with E-state index in [0.29, 0.717) is 51.0 Å². The summed E-state index contributed by atoms with van der Waals surface area (Å²) in [6.07, 6.45) is 5.12. The first-order chi connectivity index (χ1) is 14.6. The molecule has 0 spiro atoms. The fraction of sp³-hybridized carbons (Fsp3) is 0.619. The summed E-state index contributed by atoms with van der Waals surface area (Å²) in [6, 6.07) is 2.67. The Morgan fingerprint density at radius 3 is 2.93 bits per heavy atom. The lowest BCUT2D eigenvalue weighted by atomic mass is 9.76. The van der Waals surface area contributed by atoms with Crippen molar-refractivity contribution in [1.29, 1.82) is 0 Å². The summed E-state index contributed by atoms with van der Waals surface area (Å²) in [7, 11) is 1.66.